The van der Waals surface area contributed by atoms with Crippen LogP contribution in [0, 0.1) is 19.7 Å². The summed E-state index contributed by atoms with van der Waals surface area (Å²) >= 11 is 0. The predicted molar refractivity (Wildman–Crippen MR) is 102 cm³/mol. The molecule has 7 heteroatoms. The molecule has 0 spiro atoms. The Labute approximate surface area is 163 Å². The van der Waals surface area contributed by atoms with E-state index in [1.54, 1.807) is 12.1 Å². The van der Waals surface area contributed by atoms with Crippen molar-refractivity contribution in [3.05, 3.63) is 65.0 Å². The number of nitrogens with one attached hydrogen (secondary N) is 2. The Morgan fingerprint density at radius 2 is 1.64 bits per heavy atom. The highest BCUT2D eigenvalue weighted by Crippen LogP contribution is 2.13. The predicted octanol–water partition coefficient (Wildman–Crippen LogP) is 3.02. The minimum absolute atomic E-state index is 0.0336. The molecule has 0 aliphatic rings. The highest BCUT2D eigenvalue weighted by Gasteiger charge is 2.16. The Hall–Kier alpha value is -3.22. The Morgan fingerprint density at radius 1 is 0.964 bits per heavy atom. The summed E-state index contributed by atoms with van der Waals surface area (Å²) in [5.74, 6) is -1.28. The fourth-order valence-corrected chi connectivity index (χ4v) is 2.35. The van der Waals surface area contributed by atoms with Crippen LogP contribution in [0.1, 0.15) is 41.3 Å². The molecule has 2 amide bonds. The molecule has 2 N–H and O–H groups in total. The lowest BCUT2D eigenvalue weighted by Crippen LogP contribution is -2.47. The maximum atomic E-state index is 12.9. The molecule has 0 unspecified atom stereocenters. The quantitative estimate of drug-likeness (QED) is 0.566. The molecule has 0 aromatic heterocycles. The minimum atomic E-state index is -0.900. The van der Waals surface area contributed by atoms with E-state index in [9.17, 15) is 18.8 Å². The van der Waals surface area contributed by atoms with Crippen LogP contribution in [-0.4, -0.2) is 23.7 Å². The van der Waals surface area contributed by atoms with Gasteiger partial charge < -0.3 is 4.74 Å². The van der Waals surface area contributed by atoms with Crippen LogP contribution in [0.2, 0.25) is 0 Å². The van der Waals surface area contributed by atoms with E-state index >= 15 is 0 Å². The van der Waals surface area contributed by atoms with Crippen LogP contribution in [0.5, 0.6) is 5.75 Å². The van der Waals surface area contributed by atoms with E-state index in [1.165, 1.54) is 31.2 Å². The number of halogens is 1. The highest BCUT2D eigenvalue weighted by molar-refractivity contribution is 5.98. The molecule has 6 nitrogen and oxygen atoms in total. The van der Waals surface area contributed by atoms with Crippen LogP contribution >= 0.6 is 0 Å². The van der Waals surface area contributed by atoms with Crippen molar-refractivity contribution in [2.75, 3.05) is 0 Å². The van der Waals surface area contributed by atoms with Crippen LogP contribution < -0.4 is 15.6 Å². The van der Waals surface area contributed by atoms with Gasteiger partial charge in [0.05, 0.1) is 0 Å². The maximum Gasteiger partial charge on any atom is 0.279 e. The number of ether oxygens (including phenoxy) is 1. The van der Waals surface area contributed by atoms with E-state index in [4.69, 9.17) is 4.74 Å². The number of carbonyl (C=O) groups excluding carboxylic acids is 3. The molecule has 28 heavy (non-hydrogen) atoms. The first-order valence-electron chi connectivity index (χ1n) is 8.87. The largest absolute Gasteiger partial charge is 0.481 e. The van der Waals surface area contributed by atoms with Crippen LogP contribution in [0.3, 0.4) is 0 Å². The van der Waals surface area contributed by atoms with Crippen LogP contribution in [0.4, 0.5) is 4.39 Å². The van der Waals surface area contributed by atoms with Crippen molar-refractivity contribution in [2.45, 2.75) is 39.7 Å². The van der Waals surface area contributed by atoms with Crippen molar-refractivity contribution < 1.29 is 23.5 Å². The number of ketones is 1. The van der Waals surface area contributed by atoms with Gasteiger partial charge in [0, 0.05) is 18.4 Å². The van der Waals surface area contributed by atoms with Gasteiger partial charge >= 0.3 is 0 Å². The molecule has 0 radical (unpaired) electrons. The number of benzene rings is 2. The number of amides is 2. The monoisotopic (exact) mass is 386 g/mol. The van der Waals surface area contributed by atoms with Gasteiger partial charge in [0.25, 0.3) is 5.91 Å². The molecule has 0 fully saturated rings. The highest BCUT2D eigenvalue weighted by atomic mass is 19.1. The summed E-state index contributed by atoms with van der Waals surface area (Å²) in [7, 11) is 0. The standard InChI is InChI=1S/C21H23FN2O4/c1-13-4-5-16(12-14(13)2)19(25)10-11-20(26)23-24-21(27)15(3)28-18-8-6-17(22)7-9-18/h4-9,12,15H,10-11H2,1-3H3,(H,23,26)(H,24,27)/t15-/m1/s1. The number of Topliss-reactive ketones (excluding diaryl/α,β-unsaturated/α-hetero) is 1. The first kappa shape index (κ1) is 21.1. The number of hydrogen-bond acceptors (Lipinski definition) is 4. The molecule has 0 bridgehead atoms. The molecule has 2 aromatic carbocycles. The van der Waals surface area contributed by atoms with Gasteiger partial charge in [-0.3, -0.25) is 25.2 Å². The Balaban J connectivity index is 1.75. The number of carbonyl (C=O) groups is 3. The fraction of sp³-hybridized carbons (Fsp3) is 0.286. The lowest BCUT2D eigenvalue weighted by atomic mass is 10.0. The van der Waals surface area contributed by atoms with Gasteiger partial charge in [-0.1, -0.05) is 12.1 Å². The van der Waals surface area contributed by atoms with Crippen molar-refractivity contribution in [1.82, 2.24) is 10.9 Å². The van der Waals surface area contributed by atoms with Gasteiger partial charge in [0.1, 0.15) is 11.6 Å². The first-order chi connectivity index (χ1) is 13.3. The second-order valence-electron chi connectivity index (χ2n) is 6.47. The van der Waals surface area contributed by atoms with Crippen LogP contribution in [0.15, 0.2) is 42.5 Å². The lowest BCUT2D eigenvalue weighted by molar-refractivity contribution is -0.132. The van der Waals surface area contributed by atoms with Crippen molar-refractivity contribution in [3.63, 3.8) is 0 Å². The smallest absolute Gasteiger partial charge is 0.279 e. The topological polar surface area (TPSA) is 84.5 Å². The second-order valence-corrected chi connectivity index (χ2v) is 6.47. The Bertz CT molecular complexity index is 865. The number of aryl methyl sites for hydroxylation is 2. The first-order valence-corrected chi connectivity index (χ1v) is 8.87. The van der Waals surface area contributed by atoms with E-state index in [0.29, 0.717) is 11.3 Å². The zero-order valence-corrected chi connectivity index (χ0v) is 16.0. The molecular formula is C21H23FN2O4. The van der Waals surface area contributed by atoms with Crippen molar-refractivity contribution >= 4 is 17.6 Å². The molecule has 0 aliphatic carbocycles. The molecule has 0 saturated carbocycles. The third-order valence-corrected chi connectivity index (χ3v) is 4.23. The van der Waals surface area contributed by atoms with Crippen LogP contribution in [0.25, 0.3) is 0 Å². The number of rotatable bonds is 7. The minimum Gasteiger partial charge on any atom is -0.481 e. The average Bonchev–Trinajstić information content (AvgIpc) is 2.67. The zero-order valence-electron chi connectivity index (χ0n) is 16.0. The average molecular weight is 386 g/mol. The summed E-state index contributed by atoms with van der Waals surface area (Å²) in [6, 6.07) is 10.6. The molecule has 2 aromatic rings. The van der Waals surface area contributed by atoms with Gasteiger partial charge in [-0.2, -0.15) is 0 Å². The molecular weight excluding hydrogens is 363 g/mol. The third-order valence-electron chi connectivity index (χ3n) is 4.23. The SMILES string of the molecule is Cc1ccc(C(=O)CCC(=O)NNC(=O)[C@@H](C)Oc2ccc(F)cc2)cc1C. The van der Waals surface area contributed by atoms with E-state index in [0.717, 1.165) is 11.1 Å². The van der Waals surface area contributed by atoms with Gasteiger partial charge in [0.2, 0.25) is 5.91 Å². The number of hydrogen-bond donors (Lipinski definition) is 2. The third kappa shape index (κ3) is 6.19. The Morgan fingerprint density at radius 3 is 2.29 bits per heavy atom. The summed E-state index contributed by atoms with van der Waals surface area (Å²) in [4.78, 5) is 36.0. The molecule has 2 rings (SSSR count). The summed E-state index contributed by atoms with van der Waals surface area (Å²) in [5.41, 5.74) is 7.16. The van der Waals surface area contributed by atoms with Gasteiger partial charge in [-0.05, 0) is 62.2 Å². The van der Waals surface area contributed by atoms with Crippen molar-refractivity contribution in [3.8, 4) is 5.75 Å². The Kier molecular flexibility index (Phi) is 7.26. The van der Waals surface area contributed by atoms with E-state index in [1.807, 2.05) is 19.9 Å². The molecule has 0 aliphatic heterocycles. The maximum absolute atomic E-state index is 12.9. The summed E-state index contributed by atoms with van der Waals surface area (Å²) in [5, 5.41) is 0. The zero-order chi connectivity index (χ0) is 20.7. The van der Waals surface area contributed by atoms with E-state index in [2.05, 4.69) is 10.9 Å². The van der Waals surface area contributed by atoms with Crippen molar-refractivity contribution in [2.24, 2.45) is 0 Å². The van der Waals surface area contributed by atoms with Gasteiger partial charge in [-0.15, -0.1) is 0 Å². The van der Waals surface area contributed by atoms with Gasteiger partial charge in [0.15, 0.2) is 11.9 Å². The lowest BCUT2D eigenvalue weighted by Gasteiger charge is -2.15. The van der Waals surface area contributed by atoms with E-state index < -0.39 is 23.7 Å². The number of hydrazine groups is 1. The normalized spacial score (nSPS) is 11.4. The van der Waals surface area contributed by atoms with E-state index in [-0.39, 0.29) is 18.6 Å². The molecule has 148 valence electrons. The van der Waals surface area contributed by atoms with Crippen LogP contribution in [-0.2, 0) is 9.59 Å². The summed E-state index contributed by atoms with van der Waals surface area (Å²) in [6.07, 6.45) is -0.923. The summed E-state index contributed by atoms with van der Waals surface area (Å²) in [6.45, 7) is 5.37. The molecule has 0 saturated heterocycles. The fourth-order valence-electron chi connectivity index (χ4n) is 2.35. The molecule has 1 atom stereocenters. The van der Waals surface area contributed by atoms with Crippen molar-refractivity contribution in [1.29, 1.82) is 0 Å². The summed E-state index contributed by atoms with van der Waals surface area (Å²) < 4.78 is 18.2. The second kappa shape index (κ2) is 9.64. The van der Waals surface area contributed by atoms with Gasteiger partial charge in [-0.25, -0.2) is 4.39 Å². The molecule has 0 heterocycles.